The summed E-state index contributed by atoms with van der Waals surface area (Å²) in [5.41, 5.74) is 5.79. The van der Waals surface area contributed by atoms with Gasteiger partial charge in [0.15, 0.2) is 11.6 Å². The summed E-state index contributed by atoms with van der Waals surface area (Å²) in [6, 6.07) is 0.876. The molecule has 13 nitrogen and oxygen atoms in total. The predicted octanol–water partition coefficient (Wildman–Crippen LogP) is 2.10. The van der Waals surface area contributed by atoms with Crippen LogP contribution in [0, 0.1) is 17.3 Å². The van der Waals surface area contributed by atoms with Gasteiger partial charge in [0.1, 0.15) is 29.4 Å². The van der Waals surface area contributed by atoms with E-state index >= 15 is 0 Å². The Morgan fingerprint density at radius 2 is 1.75 bits per heavy atom. The summed E-state index contributed by atoms with van der Waals surface area (Å²) in [7, 11) is 6.85. The zero-order valence-electron chi connectivity index (χ0n) is 26.4. The fraction of sp³-hybridized carbons (Fsp3) is 0.548. The number of Topliss-reactive ketones (excluding diaryl/α,β-unsaturated/α-hetero) is 2. The molecule has 0 fully saturated rings. The number of nitrogens with zero attached hydrogens (tertiary/aromatic N) is 2. The first-order valence-electron chi connectivity index (χ1n) is 14.3. The highest BCUT2D eigenvalue weighted by atomic mass is 16.5. The van der Waals surface area contributed by atoms with E-state index in [0.29, 0.717) is 11.3 Å². The lowest BCUT2D eigenvalue weighted by Crippen LogP contribution is -2.45. The van der Waals surface area contributed by atoms with Crippen molar-refractivity contribution in [3.05, 3.63) is 45.4 Å². The second-order valence-electron chi connectivity index (χ2n) is 13.0. The van der Waals surface area contributed by atoms with Gasteiger partial charge in [-0.2, -0.15) is 0 Å². The Kier molecular flexibility index (Phi) is 10.4. The number of fused-ring (bicyclic) bond motifs is 1. The maximum Gasteiger partial charge on any atom is 0.407 e. The Hall–Kier alpha value is -4.10. The lowest BCUT2D eigenvalue weighted by atomic mass is 9.70. The summed E-state index contributed by atoms with van der Waals surface area (Å²) in [6.45, 7) is 4.92. The van der Waals surface area contributed by atoms with Gasteiger partial charge < -0.3 is 41.1 Å². The van der Waals surface area contributed by atoms with Gasteiger partial charge in [0.2, 0.25) is 0 Å². The van der Waals surface area contributed by atoms with E-state index in [9.17, 15) is 39.6 Å². The molecule has 0 unspecified atom stereocenters. The van der Waals surface area contributed by atoms with Crippen molar-refractivity contribution in [3.63, 3.8) is 0 Å². The van der Waals surface area contributed by atoms with E-state index in [-0.39, 0.29) is 60.3 Å². The number of hydrogen-bond donors (Lipinski definition) is 6. The van der Waals surface area contributed by atoms with Crippen LogP contribution in [0.4, 0.5) is 10.5 Å². The Balaban J connectivity index is 2.06. The van der Waals surface area contributed by atoms with E-state index in [1.807, 2.05) is 20.8 Å². The molecular weight excluding hydrogens is 572 g/mol. The fourth-order valence-corrected chi connectivity index (χ4v) is 6.03. The number of ether oxygens (including phenoxy) is 1. The van der Waals surface area contributed by atoms with Crippen LogP contribution in [-0.2, 0) is 27.3 Å². The number of benzene rings is 1. The maximum absolute atomic E-state index is 14.0. The number of likely N-dealkylation sites (N-methyl/N-ethyl adjacent to an activating group) is 1. The molecule has 0 aromatic heterocycles. The van der Waals surface area contributed by atoms with Crippen LogP contribution in [0.2, 0.25) is 0 Å². The average molecular weight is 617 g/mol. The van der Waals surface area contributed by atoms with Gasteiger partial charge in [0.25, 0.3) is 5.91 Å². The number of aliphatic hydroxyl groups excluding tert-OH is 3. The number of alkyl carbamates (subject to hydrolysis) is 1. The van der Waals surface area contributed by atoms with E-state index in [0.717, 1.165) is 0 Å². The monoisotopic (exact) mass is 616 g/mol. The number of ketones is 2. The minimum absolute atomic E-state index is 0.0649. The molecule has 0 bridgehead atoms. The summed E-state index contributed by atoms with van der Waals surface area (Å²) in [5.74, 6) is -5.07. The van der Waals surface area contributed by atoms with E-state index in [1.54, 1.807) is 44.1 Å². The first-order chi connectivity index (χ1) is 20.4. The zero-order valence-corrected chi connectivity index (χ0v) is 26.4. The molecule has 2 aliphatic rings. The molecule has 0 saturated heterocycles. The van der Waals surface area contributed by atoms with Crippen molar-refractivity contribution in [2.45, 2.75) is 52.6 Å². The van der Waals surface area contributed by atoms with Gasteiger partial charge in [-0.25, -0.2) is 4.79 Å². The summed E-state index contributed by atoms with van der Waals surface area (Å²) in [5, 5.41) is 45.4. The van der Waals surface area contributed by atoms with Gasteiger partial charge in [0.05, 0.1) is 18.2 Å². The molecule has 0 spiro atoms. The topological polar surface area (TPSA) is 203 Å². The molecule has 0 saturated carbocycles. The van der Waals surface area contributed by atoms with Crippen LogP contribution < -0.4 is 16.0 Å². The minimum Gasteiger partial charge on any atom is -0.510 e. The quantitative estimate of drug-likeness (QED) is 0.135. The maximum atomic E-state index is 14.0. The Labute approximate surface area is 257 Å². The molecule has 0 aliphatic heterocycles. The van der Waals surface area contributed by atoms with E-state index in [1.165, 1.54) is 0 Å². The first-order valence-corrected chi connectivity index (χ1v) is 14.3. The van der Waals surface area contributed by atoms with E-state index in [4.69, 9.17) is 10.5 Å². The highest BCUT2D eigenvalue weighted by molar-refractivity contribution is 6.20. The number of primary amides is 1. The van der Waals surface area contributed by atoms with Gasteiger partial charge in [-0.15, -0.1) is 0 Å². The smallest absolute Gasteiger partial charge is 0.407 e. The lowest BCUT2D eigenvalue weighted by molar-refractivity contribution is -0.123. The van der Waals surface area contributed by atoms with Crippen LogP contribution in [0.5, 0.6) is 5.75 Å². The molecule has 2 amide bonds. The molecule has 1 aromatic carbocycles. The molecule has 1 aromatic rings. The molecule has 0 heterocycles. The summed E-state index contributed by atoms with van der Waals surface area (Å²) >= 11 is 0. The van der Waals surface area contributed by atoms with Crippen LogP contribution in [-0.4, -0.2) is 96.3 Å². The van der Waals surface area contributed by atoms with Crippen LogP contribution in [0.3, 0.4) is 0 Å². The Bertz CT molecular complexity index is 1410. The first kappa shape index (κ1) is 34.4. The number of carbonyl (C=O) groups is 4. The van der Waals surface area contributed by atoms with Crippen LogP contribution in [0.15, 0.2) is 28.7 Å². The van der Waals surface area contributed by atoms with Crippen molar-refractivity contribution >= 4 is 29.3 Å². The van der Waals surface area contributed by atoms with Crippen molar-refractivity contribution in [2.75, 3.05) is 46.3 Å². The number of aliphatic hydroxyl groups is 3. The molecule has 3 atom stereocenters. The Morgan fingerprint density at radius 1 is 1.11 bits per heavy atom. The van der Waals surface area contributed by atoms with Gasteiger partial charge in [-0.05, 0) is 55.8 Å². The van der Waals surface area contributed by atoms with Crippen molar-refractivity contribution in [1.29, 1.82) is 0 Å². The van der Waals surface area contributed by atoms with Crippen LogP contribution in [0.25, 0.3) is 0 Å². The lowest BCUT2D eigenvalue weighted by Gasteiger charge is -2.39. The van der Waals surface area contributed by atoms with Crippen molar-refractivity contribution in [2.24, 2.45) is 23.0 Å². The highest BCUT2D eigenvalue weighted by Gasteiger charge is 2.44. The minimum atomic E-state index is -1.03. The normalized spacial score (nSPS) is 21.7. The van der Waals surface area contributed by atoms with Gasteiger partial charge in [0, 0.05) is 43.9 Å². The number of aromatic hydroxyl groups is 1. The third-order valence-corrected chi connectivity index (χ3v) is 7.89. The predicted molar refractivity (Wildman–Crippen MR) is 162 cm³/mol. The number of nitrogens with one attached hydrogen (secondary N) is 1. The van der Waals surface area contributed by atoms with Crippen molar-refractivity contribution < 1.29 is 44.3 Å². The highest BCUT2D eigenvalue weighted by Crippen LogP contribution is 2.45. The van der Waals surface area contributed by atoms with Crippen LogP contribution in [0.1, 0.15) is 55.1 Å². The number of anilines is 1. The summed E-state index contributed by atoms with van der Waals surface area (Å²) < 4.78 is 5.24. The largest absolute Gasteiger partial charge is 0.510 e. The van der Waals surface area contributed by atoms with Crippen molar-refractivity contribution in [1.82, 2.24) is 10.2 Å². The number of carbonyl (C=O) groups excluding carboxylic acids is 4. The van der Waals surface area contributed by atoms with Crippen LogP contribution >= 0.6 is 0 Å². The average Bonchev–Trinajstić information content (AvgIpc) is 2.89. The van der Waals surface area contributed by atoms with E-state index < -0.39 is 65.1 Å². The second kappa shape index (κ2) is 13.3. The molecule has 13 heteroatoms. The standard InChI is InChI=1S/C31H44N4O9/c1-31(2,3)14-44-30(43)33-12-17-10-19(34(4)5)18-9-15(22(21(38)13-36)27(40)23(18)26(17)39)8-16-11-20(37)24(29(32)42)28(41)25(16)35(6)7/h10,15-16,25,36,38-39,41H,8-9,11-14H2,1-7H3,(H2,32,42)(H,33,43)/b22-21-/t15-,16-,25+/m1/s1. The molecule has 3 rings (SSSR count). The molecule has 0 radical (unpaired) electrons. The second-order valence-corrected chi connectivity index (χ2v) is 13.0. The molecule has 2 aliphatic carbocycles. The zero-order chi connectivity index (χ0) is 33.3. The Morgan fingerprint density at radius 3 is 2.27 bits per heavy atom. The number of amides is 2. The van der Waals surface area contributed by atoms with Crippen molar-refractivity contribution in [3.8, 4) is 5.75 Å². The SMILES string of the molecule is CN(C)c1cc(CNC(=O)OCC(C)(C)C)c(O)c2c1C[C@@H](C[C@@H]1CC(=O)C(C(N)=O)=C(O)[C@H]1N(C)C)/C(=C(/O)CO)C2=O. The van der Waals surface area contributed by atoms with Gasteiger partial charge in [-0.3, -0.25) is 19.3 Å². The number of phenols is 1. The number of nitrogens with two attached hydrogens (primary N) is 1. The summed E-state index contributed by atoms with van der Waals surface area (Å²) in [6.07, 6.45) is -0.577. The molecule has 44 heavy (non-hydrogen) atoms. The fourth-order valence-electron chi connectivity index (χ4n) is 6.03. The third kappa shape index (κ3) is 7.16. The number of rotatable bonds is 9. The molecular formula is C31H44N4O9. The third-order valence-electron chi connectivity index (χ3n) is 7.89. The number of hydrogen-bond acceptors (Lipinski definition) is 11. The van der Waals surface area contributed by atoms with E-state index in [2.05, 4.69) is 5.32 Å². The van der Waals surface area contributed by atoms with Gasteiger partial charge >= 0.3 is 6.09 Å². The molecule has 242 valence electrons. The number of allylic oxidation sites excluding steroid dienone is 1. The summed E-state index contributed by atoms with van der Waals surface area (Å²) in [4.78, 5) is 54.5. The van der Waals surface area contributed by atoms with Gasteiger partial charge in [-0.1, -0.05) is 20.8 Å². The number of phenolic OH excluding ortho intramolecular Hbond substituents is 1. The molecule has 7 N–H and O–H groups in total.